The van der Waals surface area contributed by atoms with Crippen LogP contribution in [0.5, 0.6) is 0 Å². The molecule has 0 aliphatic carbocycles. The maximum Gasteiger partial charge on any atom is 0.238 e. The Morgan fingerprint density at radius 3 is 2.96 bits per heavy atom. The van der Waals surface area contributed by atoms with Gasteiger partial charge in [0.2, 0.25) is 10.0 Å². The average Bonchev–Trinajstić information content (AvgIpc) is 3.09. The van der Waals surface area contributed by atoms with Gasteiger partial charge in [0, 0.05) is 25.1 Å². The van der Waals surface area contributed by atoms with Crippen LogP contribution in [0.15, 0.2) is 28.2 Å². The molecule has 0 saturated carbocycles. The summed E-state index contributed by atoms with van der Waals surface area (Å²) in [7, 11) is -3.92. The van der Waals surface area contributed by atoms with E-state index in [9.17, 15) is 8.42 Å². The van der Waals surface area contributed by atoms with E-state index in [1.807, 2.05) is 0 Å². The van der Waals surface area contributed by atoms with E-state index < -0.39 is 10.0 Å². The first-order valence-electron chi connectivity index (χ1n) is 7.37. The number of morpholine rings is 1. The topological polar surface area (TPSA) is 130 Å². The average molecular weight is 350 g/mol. The zero-order valence-corrected chi connectivity index (χ0v) is 13.6. The van der Waals surface area contributed by atoms with Crippen LogP contribution in [-0.4, -0.2) is 40.1 Å². The van der Waals surface area contributed by atoms with Gasteiger partial charge in [-0.25, -0.2) is 19.1 Å². The van der Waals surface area contributed by atoms with Gasteiger partial charge in [-0.3, -0.25) is 5.43 Å². The van der Waals surface area contributed by atoms with Gasteiger partial charge >= 0.3 is 0 Å². The molecule has 1 fully saturated rings. The van der Waals surface area contributed by atoms with E-state index in [1.165, 1.54) is 6.07 Å². The monoisotopic (exact) mass is 350 g/mol. The SMILES string of the molecule is NS(=O)(=O)c1cccc(C#CCC2CNCCO2)c1C1=NNNN1. The fourth-order valence-electron chi connectivity index (χ4n) is 2.44. The van der Waals surface area contributed by atoms with E-state index in [-0.39, 0.29) is 11.0 Å². The summed E-state index contributed by atoms with van der Waals surface area (Å²) in [5.41, 5.74) is 8.64. The summed E-state index contributed by atoms with van der Waals surface area (Å²) in [6.45, 7) is 2.26. The van der Waals surface area contributed by atoms with Crippen molar-refractivity contribution in [2.24, 2.45) is 10.2 Å². The van der Waals surface area contributed by atoms with Crippen molar-refractivity contribution in [3.05, 3.63) is 29.3 Å². The molecular formula is C14H18N6O3S. The van der Waals surface area contributed by atoms with Gasteiger partial charge in [-0.15, -0.1) is 10.6 Å². The smallest absolute Gasteiger partial charge is 0.238 e. The number of sulfonamides is 1. The first kappa shape index (κ1) is 16.7. The lowest BCUT2D eigenvalue weighted by Crippen LogP contribution is -2.38. The Balaban J connectivity index is 1.92. The number of hydrogen-bond donors (Lipinski definition) is 5. The molecule has 0 bridgehead atoms. The second-order valence-corrected chi connectivity index (χ2v) is 6.78. The van der Waals surface area contributed by atoms with Crippen molar-refractivity contribution in [3.63, 3.8) is 0 Å². The third-order valence-electron chi connectivity index (χ3n) is 3.53. The molecule has 1 aromatic carbocycles. The Morgan fingerprint density at radius 2 is 2.29 bits per heavy atom. The summed E-state index contributed by atoms with van der Waals surface area (Å²) in [4.78, 5) is -0.0402. The van der Waals surface area contributed by atoms with Crippen molar-refractivity contribution in [1.29, 1.82) is 0 Å². The zero-order chi connectivity index (χ0) is 17.0. The van der Waals surface area contributed by atoms with Crippen molar-refractivity contribution in [2.45, 2.75) is 17.4 Å². The third-order valence-corrected chi connectivity index (χ3v) is 4.48. The van der Waals surface area contributed by atoms with Crippen molar-refractivity contribution in [3.8, 4) is 11.8 Å². The number of nitrogens with one attached hydrogen (secondary N) is 4. The Bertz CT molecular complexity index is 806. The summed E-state index contributed by atoms with van der Waals surface area (Å²) in [5, 5.41) is 12.5. The molecule has 1 atom stereocenters. The van der Waals surface area contributed by atoms with Crippen molar-refractivity contribution in [1.82, 2.24) is 21.8 Å². The summed E-state index contributed by atoms with van der Waals surface area (Å²) in [6.07, 6.45) is 0.573. The van der Waals surface area contributed by atoms with Crippen LogP contribution >= 0.6 is 0 Å². The molecular weight excluding hydrogens is 332 g/mol. The normalized spacial score (nSPS) is 20.4. The molecule has 0 amide bonds. The lowest BCUT2D eigenvalue weighted by molar-refractivity contribution is 0.0322. The second kappa shape index (κ2) is 7.16. The number of rotatable bonds is 3. The van der Waals surface area contributed by atoms with E-state index in [0.717, 1.165) is 13.1 Å². The second-order valence-electron chi connectivity index (χ2n) is 5.25. The van der Waals surface area contributed by atoms with Crippen LogP contribution in [0.1, 0.15) is 17.5 Å². The minimum atomic E-state index is -3.92. The quantitative estimate of drug-likeness (QED) is 0.412. The van der Waals surface area contributed by atoms with Crippen LogP contribution in [0.25, 0.3) is 0 Å². The number of amidine groups is 1. The number of hydrazine groups is 2. The maximum absolute atomic E-state index is 11.9. The molecule has 24 heavy (non-hydrogen) atoms. The number of nitrogens with zero attached hydrogens (tertiary/aromatic N) is 1. The molecule has 2 aliphatic heterocycles. The molecule has 3 rings (SSSR count). The van der Waals surface area contributed by atoms with Gasteiger partial charge in [0.15, 0.2) is 5.84 Å². The van der Waals surface area contributed by atoms with Gasteiger partial charge in [0.1, 0.15) is 0 Å². The van der Waals surface area contributed by atoms with E-state index >= 15 is 0 Å². The van der Waals surface area contributed by atoms with Crippen LogP contribution in [0.2, 0.25) is 0 Å². The minimum Gasteiger partial charge on any atom is -0.375 e. The van der Waals surface area contributed by atoms with Gasteiger partial charge < -0.3 is 10.1 Å². The van der Waals surface area contributed by atoms with Crippen LogP contribution in [-0.2, 0) is 14.8 Å². The molecule has 2 aliphatic rings. The first-order valence-corrected chi connectivity index (χ1v) is 8.91. The Morgan fingerprint density at radius 1 is 1.42 bits per heavy atom. The Hall–Kier alpha value is -2.16. The van der Waals surface area contributed by atoms with Crippen molar-refractivity contribution >= 4 is 15.9 Å². The molecule has 1 saturated heterocycles. The Kier molecular flexibility index (Phi) is 4.98. The predicted molar refractivity (Wildman–Crippen MR) is 87.9 cm³/mol. The van der Waals surface area contributed by atoms with E-state index in [0.29, 0.717) is 30.0 Å². The number of nitrogens with two attached hydrogens (primary N) is 1. The molecule has 0 spiro atoms. The molecule has 9 nitrogen and oxygen atoms in total. The number of hydrogen-bond acceptors (Lipinski definition) is 8. The van der Waals surface area contributed by atoms with E-state index in [4.69, 9.17) is 9.88 Å². The largest absolute Gasteiger partial charge is 0.375 e. The highest BCUT2D eigenvalue weighted by Gasteiger charge is 2.22. The number of benzene rings is 1. The van der Waals surface area contributed by atoms with Gasteiger partial charge in [-0.05, 0) is 12.1 Å². The van der Waals surface area contributed by atoms with Crippen molar-refractivity contribution in [2.75, 3.05) is 19.7 Å². The highest BCUT2D eigenvalue weighted by molar-refractivity contribution is 7.89. The number of hydrazone groups is 1. The molecule has 2 heterocycles. The summed E-state index contributed by atoms with van der Waals surface area (Å²) in [6, 6.07) is 4.74. The lowest BCUT2D eigenvalue weighted by Gasteiger charge is -2.21. The highest BCUT2D eigenvalue weighted by Crippen LogP contribution is 2.19. The van der Waals surface area contributed by atoms with Crippen LogP contribution in [0, 0.1) is 11.8 Å². The Labute approximate surface area is 140 Å². The minimum absolute atomic E-state index is 0.0291. The third kappa shape index (κ3) is 3.84. The predicted octanol–water partition coefficient (Wildman–Crippen LogP) is -1.66. The molecule has 10 heteroatoms. The summed E-state index contributed by atoms with van der Waals surface area (Å²) in [5.74, 6) is 6.34. The van der Waals surface area contributed by atoms with Crippen LogP contribution < -0.4 is 27.0 Å². The number of primary sulfonamides is 1. The molecule has 1 unspecified atom stereocenters. The summed E-state index contributed by atoms with van der Waals surface area (Å²) < 4.78 is 29.3. The van der Waals surface area contributed by atoms with Gasteiger partial charge in [-0.1, -0.05) is 17.9 Å². The maximum atomic E-state index is 11.9. The van der Waals surface area contributed by atoms with Gasteiger partial charge in [0.05, 0.1) is 23.2 Å². The lowest BCUT2D eigenvalue weighted by atomic mass is 10.1. The standard InChI is InChI=1S/C14H18N6O3S/c15-24(21,22)12-6-2-4-10(13(12)14-17-19-20-18-14)3-1-5-11-9-16-7-8-23-11/h2,4,6,11,16,19-20H,5,7-9H2,(H,17,18)(H2,15,21,22). The van der Waals surface area contributed by atoms with Gasteiger partial charge in [0.25, 0.3) is 0 Å². The fraction of sp³-hybridized carbons (Fsp3) is 0.357. The van der Waals surface area contributed by atoms with Crippen LogP contribution in [0.3, 0.4) is 0 Å². The van der Waals surface area contributed by atoms with E-state index in [1.54, 1.807) is 12.1 Å². The molecule has 6 N–H and O–H groups in total. The fourth-order valence-corrected chi connectivity index (χ4v) is 3.20. The van der Waals surface area contributed by atoms with Gasteiger partial charge in [-0.2, -0.15) is 0 Å². The first-order chi connectivity index (χ1) is 11.6. The molecule has 0 radical (unpaired) electrons. The summed E-state index contributed by atoms with van der Waals surface area (Å²) >= 11 is 0. The van der Waals surface area contributed by atoms with Crippen molar-refractivity contribution < 1.29 is 13.2 Å². The highest BCUT2D eigenvalue weighted by atomic mass is 32.2. The molecule has 128 valence electrons. The van der Waals surface area contributed by atoms with Crippen LogP contribution in [0.4, 0.5) is 0 Å². The number of ether oxygens (including phenoxy) is 1. The van der Waals surface area contributed by atoms with E-state index in [2.05, 4.69) is 38.8 Å². The molecule has 1 aromatic rings. The molecule has 0 aromatic heterocycles. The zero-order valence-electron chi connectivity index (χ0n) is 12.8.